The maximum absolute atomic E-state index is 12.1. The van der Waals surface area contributed by atoms with E-state index in [1.807, 2.05) is 0 Å². The van der Waals surface area contributed by atoms with Crippen LogP contribution in [0.1, 0.15) is 13.0 Å². The number of halogens is 3. The Morgan fingerprint density at radius 2 is 2.05 bits per heavy atom. The van der Waals surface area contributed by atoms with Gasteiger partial charge in [-0.1, -0.05) is 40.9 Å². The summed E-state index contributed by atoms with van der Waals surface area (Å²) in [4.78, 5) is 24.1. The molecule has 0 aliphatic carbocycles. The number of benzene rings is 1. The van der Waals surface area contributed by atoms with Crippen LogP contribution in [0, 0.1) is 0 Å². The van der Waals surface area contributed by atoms with Crippen molar-refractivity contribution in [2.24, 2.45) is 0 Å². The number of nitrogens with one attached hydrogen (secondary N) is 1. The summed E-state index contributed by atoms with van der Waals surface area (Å²) in [5, 5.41) is 6.82. The number of carbonyl (C=O) groups excluding carboxylic acids is 1. The van der Waals surface area contributed by atoms with Gasteiger partial charge in [0, 0.05) is 10.7 Å². The molecule has 0 unspecified atom stereocenters. The van der Waals surface area contributed by atoms with Crippen LogP contribution in [0.3, 0.4) is 0 Å². The van der Waals surface area contributed by atoms with Crippen molar-refractivity contribution in [2.75, 3.05) is 5.32 Å². The number of carbonyl (C=O) groups is 1. The Bertz CT molecular complexity index is 746. The summed E-state index contributed by atoms with van der Waals surface area (Å²) >= 11 is 17.3. The molecule has 0 spiro atoms. The van der Waals surface area contributed by atoms with E-state index in [1.165, 1.54) is 13.1 Å². The predicted molar refractivity (Wildman–Crippen MR) is 83.3 cm³/mol. The number of hydrogen-bond acceptors (Lipinski definition) is 3. The van der Waals surface area contributed by atoms with E-state index in [2.05, 4.69) is 10.4 Å². The third kappa shape index (κ3) is 3.56. The van der Waals surface area contributed by atoms with Crippen LogP contribution in [-0.4, -0.2) is 15.7 Å². The molecular weight excluding hydrogens is 337 g/mol. The third-order valence-electron chi connectivity index (χ3n) is 2.74. The van der Waals surface area contributed by atoms with Crippen LogP contribution in [0.5, 0.6) is 0 Å². The Morgan fingerprint density at radius 1 is 1.33 bits per heavy atom. The Labute approximate surface area is 135 Å². The van der Waals surface area contributed by atoms with Crippen molar-refractivity contribution < 1.29 is 4.79 Å². The molecule has 1 N–H and O–H groups in total. The first-order chi connectivity index (χ1) is 9.90. The normalized spacial score (nSPS) is 12.0. The molecular formula is C13H10Cl3N3O2. The fourth-order valence-corrected chi connectivity index (χ4v) is 2.07. The van der Waals surface area contributed by atoms with Crippen LogP contribution >= 0.6 is 34.8 Å². The quantitative estimate of drug-likeness (QED) is 0.926. The highest BCUT2D eigenvalue weighted by atomic mass is 35.5. The largest absolute Gasteiger partial charge is 0.324 e. The summed E-state index contributed by atoms with van der Waals surface area (Å²) in [6, 6.07) is 5.81. The molecule has 0 aliphatic rings. The zero-order chi connectivity index (χ0) is 15.6. The lowest BCUT2D eigenvalue weighted by atomic mass is 10.2. The minimum Gasteiger partial charge on any atom is -0.324 e. The summed E-state index contributed by atoms with van der Waals surface area (Å²) < 4.78 is 0.966. The fraction of sp³-hybridized carbons (Fsp3) is 0.154. The molecule has 1 heterocycles. The SMILES string of the molecule is C[C@H](C(=O)Nc1cccc(Cl)c1)n1ncc(Cl)c(Cl)c1=O. The number of hydrogen-bond donors (Lipinski definition) is 1. The molecule has 0 saturated carbocycles. The van der Waals surface area contributed by atoms with Crippen LogP contribution in [-0.2, 0) is 4.79 Å². The summed E-state index contributed by atoms with van der Waals surface area (Å²) in [6.45, 7) is 1.53. The predicted octanol–water partition coefficient (Wildman–Crippen LogP) is 3.40. The first-order valence-electron chi connectivity index (χ1n) is 5.89. The smallest absolute Gasteiger partial charge is 0.287 e. The molecule has 1 aromatic heterocycles. The molecule has 5 nitrogen and oxygen atoms in total. The summed E-state index contributed by atoms with van der Waals surface area (Å²) in [5.41, 5.74) is -0.106. The first-order valence-corrected chi connectivity index (χ1v) is 7.03. The van der Waals surface area contributed by atoms with E-state index in [0.717, 1.165) is 4.68 Å². The Kier molecular flexibility index (Phi) is 4.88. The van der Waals surface area contributed by atoms with Crippen molar-refractivity contribution in [3.63, 3.8) is 0 Å². The standard InChI is InChI=1S/C13H10Cl3N3O2/c1-7(19-13(21)11(16)10(15)6-17-19)12(20)18-9-4-2-3-8(14)5-9/h2-7H,1H3,(H,18,20)/t7-/m1/s1. The van der Waals surface area contributed by atoms with Gasteiger partial charge in [-0.25, -0.2) is 4.68 Å². The number of anilines is 1. The molecule has 0 bridgehead atoms. The van der Waals surface area contributed by atoms with Crippen LogP contribution in [0.4, 0.5) is 5.69 Å². The van der Waals surface area contributed by atoms with Gasteiger partial charge in [0.15, 0.2) is 0 Å². The third-order valence-corrected chi connectivity index (χ3v) is 3.72. The molecule has 21 heavy (non-hydrogen) atoms. The maximum Gasteiger partial charge on any atom is 0.287 e. The molecule has 2 rings (SSSR count). The van der Waals surface area contributed by atoms with Gasteiger partial charge < -0.3 is 5.32 Å². The number of rotatable bonds is 3. The van der Waals surface area contributed by atoms with Gasteiger partial charge in [0.25, 0.3) is 5.56 Å². The van der Waals surface area contributed by atoms with Gasteiger partial charge in [0.2, 0.25) is 5.91 Å². The van der Waals surface area contributed by atoms with Gasteiger partial charge >= 0.3 is 0 Å². The molecule has 0 saturated heterocycles. The molecule has 0 fully saturated rings. The van der Waals surface area contributed by atoms with Gasteiger partial charge in [-0.15, -0.1) is 0 Å². The molecule has 0 radical (unpaired) electrons. The van der Waals surface area contributed by atoms with E-state index in [4.69, 9.17) is 34.8 Å². The Balaban J connectivity index is 2.24. The van der Waals surface area contributed by atoms with E-state index in [9.17, 15) is 9.59 Å². The highest BCUT2D eigenvalue weighted by Gasteiger charge is 2.19. The highest BCUT2D eigenvalue weighted by Crippen LogP contribution is 2.18. The van der Waals surface area contributed by atoms with Gasteiger partial charge in [0.05, 0.1) is 11.2 Å². The second-order valence-electron chi connectivity index (χ2n) is 4.23. The maximum atomic E-state index is 12.1. The minimum absolute atomic E-state index is 0.0420. The average Bonchev–Trinajstić information content (AvgIpc) is 2.44. The highest BCUT2D eigenvalue weighted by molar-refractivity contribution is 6.41. The lowest BCUT2D eigenvalue weighted by molar-refractivity contribution is -0.119. The van der Waals surface area contributed by atoms with Crippen LogP contribution < -0.4 is 10.9 Å². The monoisotopic (exact) mass is 345 g/mol. The van der Waals surface area contributed by atoms with Crippen LogP contribution in [0.15, 0.2) is 35.3 Å². The van der Waals surface area contributed by atoms with Gasteiger partial charge in [-0.05, 0) is 25.1 Å². The van der Waals surface area contributed by atoms with Crippen molar-refractivity contribution in [3.05, 3.63) is 55.9 Å². The first kappa shape index (κ1) is 15.8. The fourth-order valence-electron chi connectivity index (χ4n) is 1.62. The van der Waals surface area contributed by atoms with Gasteiger partial charge in [-0.2, -0.15) is 5.10 Å². The average molecular weight is 347 g/mol. The van der Waals surface area contributed by atoms with Crippen molar-refractivity contribution >= 4 is 46.4 Å². The van der Waals surface area contributed by atoms with E-state index < -0.39 is 17.5 Å². The lowest BCUT2D eigenvalue weighted by Crippen LogP contribution is -2.33. The Morgan fingerprint density at radius 3 is 2.71 bits per heavy atom. The van der Waals surface area contributed by atoms with Crippen LogP contribution in [0.25, 0.3) is 0 Å². The number of amides is 1. The molecule has 0 aliphatic heterocycles. The second kappa shape index (κ2) is 6.47. The number of nitrogens with zero attached hydrogens (tertiary/aromatic N) is 2. The van der Waals surface area contributed by atoms with Crippen LogP contribution in [0.2, 0.25) is 15.1 Å². The van der Waals surface area contributed by atoms with Gasteiger partial charge in [-0.3, -0.25) is 9.59 Å². The molecule has 1 atom stereocenters. The van der Waals surface area contributed by atoms with E-state index in [-0.39, 0.29) is 10.0 Å². The van der Waals surface area contributed by atoms with Crippen molar-refractivity contribution in [3.8, 4) is 0 Å². The van der Waals surface area contributed by atoms with Gasteiger partial charge in [0.1, 0.15) is 11.1 Å². The molecule has 1 amide bonds. The zero-order valence-electron chi connectivity index (χ0n) is 10.8. The lowest BCUT2D eigenvalue weighted by Gasteiger charge is -2.14. The minimum atomic E-state index is -0.855. The van der Waals surface area contributed by atoms with E-state index in [1.54, 1.807) is 24.3 Å². The summed E-state index contributed by atoms with van der Waals surface area (Å²) in [6.07, 6.45) is 1.22. The zero-order valence-corrected chi connectivity index (χ0v) is 13.1. The Hall–Kier alpha value is -1.56. The molecule has 1 aromatic carbocycles. The molecule has 2 aromatic rings. The molecule has 110 valence electrons. The van der Waals surface area contributed by atoms with E-state index in [0.29, 0.717) is 10.7 Å². The summed E-state index contributed by atoms with van der Waals surface area (Å²) in [5.74, 6) is -0.426. The van der Waals surface area contributed by atoms with Crippen molar-refractivity contribution in [2.45, 2.75) is 13.0 Å². The summed E-state index contributed by atoms with van der Waals surface area (Å²) in [7, 11) is 0. The second-order valence-corrected chi connectivity index (χ2v) is 5.45. The number of aromatic nitrogens is 2. The topological polar surface area (TPSA) is 64.0 Å². The van der Waals surface area contributed by atoms with E-state index >= 15 is 0 Å². The van der Waals surface area contributed by atoms with Crippen molar-refractivity contribution in [1.82, 2.24) is 9.78 Å². The van der Waals surface area contributed by atoms with Crippen molar-refractivity contribution in [1.29, 1.82) is 0 Å². The molecule has 8 heteroatoms.